The van der Waals surface area contributed by atoms with E-state index in [1.165, 1.54) is 0 Å². The summed E-state index contributed by atoms with van der Waals surface area (Å²) in [5.74, 6) is 0. The van der Waals surface area contributed by atoms with Crippen molar-refractivity contribution in [3.8, 4) is 0 Å². The Hall–Kier alpha value is -0.160. The van der Waals surface area contributed by atoms with Crippen LogP contribution in [0, 0.1) is 0 Å². The van der Waals surface area contributed by atoms with E-state index in [0.29, 0.717) is 6.04 Å². The van der Waals surface area contributed by atoms with E-state index in [-0.39, 0.29) is 0 Å². The standard InChI is InChI=1S/C13H30N2O2/c1-5-17-11-6-8-14-12-13(2)15(3)9-7-10-16-4/h13-14H,5-12H2,1-4H3. The Labute approximate surface area is 107 Å². The van der Waals surface area contributed by atoms with Gasteiger partial charge in [-0.1, -0.05) is 0 Å². The third-order valence-corrected chi connectivity index (χ3v) is 2.90. The third-order valence-electron chi connectivity index (χ3n) is 2.90. The largest absolute Gasteiger partial charge is 0.385 e. The van der Waals surface area contributed by atoms with Gasteiger partial charge >= 0.3 is 0 Å². The lowest BCUT2D eigenvalue weighted by molar-refractivity contribution is 0.143. The Kier molecular flexibility index (Phi) is 12.2. The third kappa shape index (κ3) is 10.7. The number of likely N-dealkylation sites (N-methyl/N-ethyl adjacent to an activating group) is 1. The van der Waals surface area contributed by atoms with Crippen molar-refractivity contribution >= 4 is 0 Å². The molecular weight excluding hydrogens is 216 g/mol. The van der Waals surface area contributed by atoms with Crippen LogP contribution in [0.1, 0.15) is 26.7 Å². The smallest absolute Gasteiger partial charge is 0.0477 e. The Bertz CT molecular complexity index is 156. The lowest BCUT2D eigenvalue weighted by Gasteiger charge is -2.24. The highest BCUT2D eigenvalue weighted by molar-refractivity contribution is 4.66. The zero-order valence-corrected chi connectivity index (χ0v) is 12.0. The fourth-order valence-corrected chi connectivity index (χ4v) is 1.59. The summed E-state index contributed by atoms with van der Waals surface area (Å²) in [7, 11) is 3.92. The summed E-state index contributed by atoms with van der Waals surface area (Å²) in [6, 6.07) is 0.568. The summed E-state index contributed by atoms with van der Waals surface area (Å²) in [5.41, 5.74) is 0. The minimum Gasteiger partial charge on any atom is -0.385 e. The van der Waals surface area contributed by atoms with E-state index in [1.54, 1.807) is 7.11 Å². The highest BCUT2D eigenvalue weighted by atomic mass is 16.5. The van der Waals surface area contributed by atoms with Crippen LogP contribution < -0.4 is 5.32 Å². The molecule has 0 aromatic heterocycles. The van der Waals surface area contributed by atoms with Crippen molar-refractivity contribution in [1.82, 2.24) is 10.2 Å². The van der Waals surface area contributed by atoms with Crippen molar-refractivity contribution < 1.29 is 9.47 Å². The molecule has 1 unspecified atom stereocenters. The first-order valence-corrected chi connectivity index (χ1v) is 6.70. The van der Waals surface area contributed by atoms with Gasteiger partial charge in [-0.2, -0.15) is 0 Å². The van der Waals surface area contributed by atoms with Crippen LogP contribution in [-0.2, 0) is 9.47 Å². The first-order valence-electron chi connectivity index (χ1n) is 6.70. The van der Waals surface area contributed by atoms with E-state index in [2.05, 4.69) is 24.2 Å². The van der Waals surface area contributed by atoms with Crippen molar-refractivity contribution in [2.75, 3.05) is 53.6 Å². The van der Waals surface area contributed by atoms with Gasteiger partial charge in [-0.05, 0) is 40.3 Å². The summed E-state index contributed by atoms with van der Waals surface area (Å²) < 4.78 is 10.3. The maximum Gasteiger partial charge on any atom is 0.0477 e. The molecule has 0 spiro atoms. The molecule has 0 fully saturated rings. The van der Waals surface area contributed by atoms with Gasteiger partial charge in [0.05, 0.1) is 0 Å². The van der Waals surface area contributed by atoms with Crippen LogP contribution >= 0.6 is 0 Å². The molecule has 4 nitrogen and oxygen atoms in total. The predicted octanol–water partition coefficient (Wildman–Crippen LogP) is 1.36. The number of rotatable bonds is 12. The van der Waals surface area contributed by atoms with Gasteiger partial charge in [-0.3, -0.25) is 0 Å². The Morgan fingerprint density at radius 2 is 2.00 bits per heavy atom. The molecule has 0 aromatic rings. The molecule has 0 aromatic carbocycles. The van der Waals surface area contributed by atoms with Crippen LogP contribution in [0.25, 0.3) is 0 Å². The fourth-order valence-electron chi connectivity index (χ4n) is 1.59. The number of hydrogen-bond acceptors (Lipinski definition) is 4. The van der Waals surface area contributed by atoms with Gasteiger partial charge < -0.3 is 19.7 Å². The number of nitrogens with zero attached hydrogens (tertiary/aromatic N) is 1. The van der Waals surface area contributed by atoms with E-state index >= 15 is 0 Å². The van der Waals surface area contributed by atoms with Crippen molar-refractivity contribution in [2.45, 2.75) is 32.7 Å². The zero-order chi connectivity index (χ0) is 12.9. The number of hydrogen-bond donors (Lipinski definition) is 1. The molecule has 0 aliphatic carbocycles. The van der Waals surface area contributed by atoms with Crippen molar-refractivity contribution in [3.63, 3.8) is 0 Å². The average molecular weight is 246 g/mol. The van der Waals surface area contributed by atoms with Crippen LogP contribution in [0.3, 0.4) is 0 Å². The quantitative estimate of drug-likeness (QED) is 0.527. The van der Waals surface area contributed by atoms with Crippen LogP contribution in [0.4, 0.5) is 0 Å². The first kappa shape index (κ1) is 16.8. The van der Waals surface area contributed by atoms with Gasteiger partial charge in [0.25, 0.3) is 0 Å². The Morgan fingerprint density at radius 3 is 2.65 bits per heavy atom. The van der Waals surface area contributed by atoms with Crippen molar-refractivity contribution in [3.05, 3.63) is 0 Å². The second-order valence-electron chi connectivity index (χ2n) is 4.43. The molecule has 17 heavy (non-hydrogen) atoms. The van der Waals surface area contributed by atoms with Gasteiger partial charge in [0.15, 0.2) is 0 Å². The zero-order valence-electron chi connectivity index (χ0n) is 12.0. The van der Waals surface area contributed by atoms with Gasteiger partial charge in [0, 0.05) is 46.1 Å². The van der Waals surface area contributed by atoms with Crippen molar-refractivity contribution in [1.29, 1.82) is 0 Å². The average Bonchev–Trinajstić information content (AvgIpc) is 2.33. The molecule has 0 radical (unpaired) electrons. The van der Waals surface area contributed by atoms with Crippen LogP contribution in [0.15, 0.2) is 0 Å². The molecule has 1 atom stereocenters. The number of ether oxygens (including phenoxy) is 2. The molecule has 0 saturated carbocycles. The fraction of sp³-hybridized carbons (Fsp3) is 1.00. The monoisotopic (exact) mass is 246 g/mol. The molecule has 0 rings (SSSR count). The Balaban J connectivity index is 3.34. The summed E-state index contributed by atoms with van der Waals surface area (Å²) >= 11 is 0. The van der Waals surface area contributed by atoms with E-state index < -0.39 is 0 Å². The van der Waals surface area contributed by atoms with E-state index in [1.807, 2.05) is 6.92 Å². The summed E-state index contributed by atoms with van der Waals surface area (Å²) in [6.07, 6.45) is 2.19. The van der Waals surface area contributed by atoms with E-state index in [9.17, 15) is 0 Å². The predicted molar refractivity (Wildman–Crippen MR) is 72.6 cm³/mol. The molecule has 0 amide bonds. The van der Waals surface area contributed by atoms with Crippen LogP contribution in [0.2, 0.25) is 0 Å². The summed E-state index contributed by atoms with van der Waals surface area (Å²) in [4.78, 5) is 2.37. The van der Waals surface area contributed by atoms with Crippen LogP contribution in [-0.4, -0.2) is 64.6 Å². The SMILES string of the molecule is CCOCCCNCC(C)N(C)CCCOC. The van der Waals surface area contributed by atoms with E-state index in [0.717, 1.165) is 52.3 Å². The minimum atomic E-state index is 0.568. The number of nitrogens with one attached hydrogen (secondary N) is 1. The summed E-state index contributed by atoms with van der Waals surface area (Å²) in [5, 5.41) is 3.46. The molecule has 104 valence electrons. The lowest BCUT2D eigenvalue weighted by atomic mass is 10.2. The topological polar surface area (TPSA) is 33.7 Å². The minimum absolute atomic E-state index is 0.568. The normalized spacial score (nSPS) is 13.2. The number of methoxy groups -OCH3 is 1. The van der Waals surface area contributed by atoms with Gasteiger partial charge in [0.2, 0.25) is 0 Å². The summed E-state index contributed by atoms with van der Waals surface area (Å²) in [6.45, 7) is 9.98. The second-order valence-corrected chi connectivity index (χ2v) is 4.43. The van der Waals surface area contributed by atoms with E-state index in [4.69, 9.17) is 9.47 Å². The molecule has 0 bridgehead atoms. The van der Waals surface area contributed by atoms with Gasteiger partial charge in [-0.25, -0.2) is 0 Å². The maximum atomic E-state index is 5.29. The molecular formula is C13H30N2O2. The first-order chi connectivity index (χ1) is 8.22. The molecule has 1 N–H and O–H groups in total. The van der Waals surface area contributed by atoms with Crippen molar-refractivity contribution in [2.24, 2.45) is 0 Å². The lowest BCUT2D eigenvalue weighted by Crippen LogP contribution is -2.39. The van der Waals surface area contributed by atoms with Gasteiger partial charge in [-0.15, -0.1) is 0 Å². The Morgan fingerprint density at radius 1 is 1.24 bits per heavy atom. The van der Waals surface area contributed by atoms with Gasteiger partial charge in [0.1, 0.15) is 0 Å². The highest BCUT2D eigenvalue weighted by Crippen LogP contribution is 1.96. The second kappa shape index (κ2) is 12.3. The molecule has 0 aliphatic heterocycles. The molecule has 0 heterocycles. The molecule has 4 heteroatoms. The molecule has 0 saturated heterocycles. The highest BCUT2D eigenvalue weighted by Gasteiger charge is 2.07. The maximum absolute atomic E-state index is 5.29. The molecule has 0 aliphatic rings. The van der Waals surface area contributed by atoms with Crippen LogP contribution in [0.5, 0.6) is 0 Å².